The number of rotatable bonds is 4. The molecule has 0 fully saturated rings. The summed E-state index contributed by atoms with van der Waals surface area (Å²) in [7, 11) is 1.56. The molecule has 0 bridgehead atoms. The maximum atomic E-state index is 11.4. The SMILES string of the molecule is COCC(C)C(=O)Oc1ccccc1. The maximum absolute atomic E-state index is 11.4. The van der Waals surface area contributed by atoms with Gasteiger partial charge in [-0.2, -0.15) is 0 Å². The van der Waals surface area contributed by atoms with Crippen molar-refractivity contribution < 1.29 is 14.3 Å². The van der Waals surface area contributed by atoms with Gasteiger partial charge >= 0.3 is 5.97 Å². The van der Waals surface area contributed by atoms with E-state index in [2.05, 4.69) is 0 Å². The molecule has 1 unspecified atom stereocenters. The van der Waals surface area contributed by atoms with Gasteiger partial charge in [-0.1, -0.05) is 18.2 Å². The van der Waals surface area contributed by atoms with Gasteiger partial charge in [0.05, 0.1) is 12.5 Å². The van der Waals surface area contributed by atoms with Crippen LogP contribution in [-0.4, -0.2) is 19.7 Å². The molecule has 0 radical (unpaired) electrons. The van der Waals surface area contributed by atoms with E-state index in [9.17, 15) is 4.79 Å². The van der Waals surface area contributed by atoms with Crippen molar-refractivity contribution in [2.45, 2.75) is 6.92 Å². The topological polar surface area (TPSA) is 35.5 Å². The highest BCUT2D eigenvalue weighted by Crippen LogP contribution is 2.10. The van der Waals surface area contributed by atoms with E-state index < -0.39 is 0 Å². The third kappa shape index (κ3) is 3.18. The Kier molecular flexibility index (Phi) is 4.13. The van der Waals surface area contributed by atoms with E-state index in [1.165, 1.54) is 0 Å². The number of methoxy groups -OCH3 is 1. The van der Waals surface area contributed by atoms with E-state index in [1.807, 2.05) is 18.2 Å². The fourth-order valence-corrected chi connectivity index (χ4v) is 1.02. The molecule has 0 N–H and O–H groups in total. The average molecular weight is 194 g/mol. The quantitative estimate of drug-likeness (QED) is 0.542. The third-order valence-electron chi connectivity index (χ3n) is 1.78. The molecule has 1 aromatic carbocycles. The van der Waals surface area contributed by atoms with E-state index in [0.29, 0.717) is 12.4 Å². The molecule has 1 rings (SSSR count). The smallest absolute Gasteiger partial charge is 0.316 e. The number of benzene rings is 1. The monoisotopic (exact) mass is 194 g/mol. The van der Waals surface area contributed by atoms with Crippen molar-refractivity contribution in [1.82, 2.24) is 0 Å². The molecule has 14 heavy (non-hydrogen) atoms. The first-order valence-corrected chi connectivity index (χ1v) is 4.49. The van der Waals surface area contributed by atoms with Crippen LogP contribution in [0.25, 0.3) is 0 Å². The fourth-order valence-electron chi connectivity index (χ4n) is 1.02. The Balaban J connectivity index is 2.49. The van der Waals surface area contributed by atoms with Gasteiger partial charge in [-0.15, -0.1) is 0 Å². The lowest BCUT2D eigenvalue weighted by atomic mass is 10.2. The van der Waals surface area contributed by atoms with Crippen LogP contribution in [0.5, 0.6) is 5.75 Å². The highest BCUT2D eigenvalue weighted by molar-refractivity contribution is 5.74. The predicted octanol–water partition coefficient (Wildman–Crippen LogP) is 1.87. The standard InChI is InChI=1S/C11H14O3/c1-9(8-13-2)11(12)14-10-6-4-3-5-7-10/h3-7,9H,8H2,1-2H3. The van der Waals surface area contributed by atoms with E-state index in [1.54, 1.807) is 26.2 Å². The molecule has 76 valence electrons. The molecule has 0 aliphatic heterocycles. The molecule has 0 aromatic heterocycles. The van der Waals surface area contributed by atoms with Crippen molar-refractivity contribution in [1.29, 1.82) is 0 Å². The van der Waals surface area contributed by atoms with Crippen LogP contribution in [0.15, 0.2) is 30.3 Å². The van der Waals surface area contributed by atoms with Crippen molar-refractivity contribution in [3.63, 3.8) is 0 Å². The predicted molar refractivity (Wildman–Crippen MR) is 53.1 cm³/mol. The minimum absolute atomic E-state index is 0.236. The minimum Gasteiger partial charge on any atom is -0.426 e. The van der Waals surface area contributed by atoms with Crippen LogP contribution in [-0.2, 0) is 9.53 Å². The number of carbonyl (C=O) groups is 1. The average Bonchev–Trinajstić information content (AvgIpc) is 2.19. The van der Waals surface area contributed by atoms with Crippen LogP contribution in [0.4, 0.5) is 0 Å². The lowest BCUT2D eigenvalue weighted by molar-refractivity contribution is -0.139. The molecule has 0 heterocycles. The lowest BCUT2D eigenvalue weighted by Crippen LogP contribution is -2.21. The number of esters is 1. The van der Waals surface area contributed by atoms with Crippen molar-refractivity contribution in [3.05, 3.63) is 30.3 Å². The van der Waals surface area contributed by atoms with Crippen LogP contribution in [0.3, 0.4) is 0 Å². The second kappa shape index (κ2) is 5.40. The molecular formula is C11H14O3. The van der Waals surface area contributed by atoms with Gasteiger partial charge in [-0.05, 0) is 19.1 Å². The molecular weight excluding hydrogens is 180 g/mol. The third-order valence-corrected chi connectivity index (χ3v) is 1.78. The van der Waals surface area contributed by atoms with Crippen LogP contribution < -0.4 is 4.74 Å². The zero-order chi connectivity index (χ0) is 10.4. The van der Waals surface area contributed by atoms with Gasteiger partial charge in [0.15, 0.2) is 0 Å². The van der Waals surface area contributed by atoms with Gasteiger partial charge in [-0.25, -0.2) is 0 Å². The van der Waals surface area contributed by atoms with Gasteiger partial charge in [0.1, 0.15) is 5.75 Å². The van der Waals surface area contributed by atoms with Crippen molar-refractivity contribution in [3.8, 4) is 5.75 Å². The Labute approximate surface area is 83.6 Å². The molecule has 3 heteroatoms. The molecule has 1 aromatic rings. The lowest BCUT2D eigenvalue weighted by Gasteiger charge is -2.09. The molecule has 1 atom stereocenters. The Morgan fingerprint density at radius 1 is 1.36 bits per heavy atom. The molecule has 0 saturated carbocycles. The summed E-state index contributed by atoms with van der Waals surface area (Å²) in [5, 5.41) is 0. The number of hydrogen-bond acceptors (Lipinski definition) is 3. The minimum atomic E-state index is -0.266. The van der Waals surface area contributed by atoms with Crippen LogP contribution in [0, 0.1) is 5.92 Å². The van der Waals surface area contributed by atoms with Crippen LogP contribution in [0.2, 0.25) is 0 Å². The molecule has 3 nitrogen and oxygen atoms in total. The summed E-state index contributed by atoms with van der Waals surface area (Å²) in [6.07, 6.45) is 0. The summed E-state index contributed by atoms with van der Waals surface area (Å²) < 4.78 is 9.97. The number of hydrogen-bond donors (Lipinski definition) is 0. The Hall–Kier alpha value is -1.35. The fraction of sp³-hybridized carbons (Fsp3) is 0.364. The van der Waals surface area contributed by atoms with Gasteiger partial charge in [0.25, 0.3) is 0 Å². The maximum Gasteiger partial charge on any atom is 0.316 e. The van der Waals surface area contributed by atoms with Crippen molar-refractivity contribution in [2.75, 3.05) is 13.7 Å². The summed E-state index contributed by atoms with van der Waals surface area (Å²) in [6.45, 7) is 2.15. The summed E-state index contributed by atoms with van der Waals surface area (Å²) in [5.74, 6) is 0.0682. The van der Waals surface area contributed by atoms with Gasteiger partial charge < -0.3 is 9.47 Å². The summed E-state index contributed by atoms with van der Waals surface area (Å²) in [5.41, 5.74) is 0. The van der Waals surface area contributed by atoms with Crippen molar-refractivity contribution in [2.24, 2.45) is 5.92 Å². The van der Waals surface area contributed by atoms with Crippen LogP contribution in [0.1, 0.15) is 6.92 Å². The summed E-state index contributed by atoms with van der Waals surface area (Å²) >= 11 is 0. The highest BCUT2D eigenvalue weighted by Gasteiger charge is 2.14. The van der Waals surface area contributed by atoms with Gasteiger partial charge in [-0.3, -0.25) is 4.79 Å². The zero-order valence-corrected chi connectivity index (χ0v) is 8.40. The highest BCUT2D eigenvalue weighted by atomic mass is 16.5. The van der Waals surface area contributed by atoms with E-state index in [-0.39, 0.29) is 11.9 Å². The van der Waals surface area contributed by atoms with E-state index in [4.69, 9.17) is 9.47 Å². The molecule has 0 aliphatic rings. The van der Waals surface area contributed by atoms with Crippen LogP contribution >= 0.6 is 0 Å². The zero-order valence-electron chi connectivity index (χ0n) is 8.40. The second-order valence-electron chi connectivity index (χ2n) is 3.09. The normalized spacial score (nSPS) is 12.1. The summed E-state index contributed by atoms with van der Waals surface area (Å²) in [6, 6.07) is 9.01. The molecule has 0 saturated heterocycles. The van der Waals surface area contributed by atoms with E-state index >= 15 is 0 Å². The first-order valence-electron chi connectivity index (χ1n) is 4.49. The molecule has 0 aliphatic carbocycles. The summed E-state index contributed by atoms with van der Waals surface area (Å²) in [4.78, 5) is 11.4. The first-order chi connectivity index (χ1) is 6.74. The Morgan fingerprint density at radius 2 is 2.00 bits per heavy atom. The number of para-hydroxylation sites is 1. The molecule has 0 amide bonds. The Morgan fingerprint density at radius 3 is 2.57 bits per heavy atom. The van der Waals surface area contributed by atoms with Gasteiger partial charge in [0.2, 0.25) is 0 Å². The number of ether oxygens (including phenoxy) is 2. The Bertz CT molecular complexity index is 282. The van der Waals surface area contributed by atoms with Gasteiger partial charge in [0, 0.05) is 7.11 Å². The molecule has 0 spiro atoms. The van der Waals surface area contributed by atoms with E-state index in [0.717, 1.165) is 0 Å². The first kappa shape index (κ1) is 10.7. The second-order valence-corrected chi connectivity index (χ2v) is 3.09. The van der Waals surface area contributed by atoms with Crippen molar-refractivity contribution >= 4 is 5.97 Å². The largest absolute Gasteiger partial charge is 0.426 e. The number of carbonyl (C=O) groups excluding carboxylic acids is 1.